The molecule has 0 aliphatic rings. The number of halogens is 6. The maximum Gasteiger partial charge on any atom is 0.416 e. The fourth-order valence-electron chi connectivity index (χ4n) is 1.90. The molecule has 6 heteroatoms. The molecule has 0 amide bonds. The van der Waals surface area contributed by atoms with E-state index in [0.717, 1.165) is 31.3 Å². The first kappa shape index (κ1) is 17.3. The van der Waals surface area contributed by atoms with Crippen LogP contribution in [0.25, 0.3) is 0 Å². The first-order chi connectivity index (χ1) is 9.77. The van der Waals surface area contributed by atoms with Gasteiger partial charge in [-0.1, -0.05) is 44.0 Å². The molecular formula is C15H10Br2F3I. The Labute approximate surface area is 151 Å². The summed E-state index contributed by atoms with van der Waals surface area (Å²) in [5.41, 5.74) is 1.32. The van der Waals surface area contributed by atoms with Crippen molar-refractivity contribution in [3.63, 3.8) is 0 Å². The van der Waals surface area contributed by atoms with Crippen LogP contribution in [0.1, 0.15) is 21.5 Å². The average molecular weight is 534 g/mol. The molecule has 0 nitrogen and oxygen atoms in total. The van der Waals surface area contributed by atoms with E-state index in [1.807, 2.05) is 18.2 Å². The van der Waals surface area contributed by atoms with Gasteiger partial charge in [-0.3, -0.25) is 0 Å². The molecule has 1 atom stereocenters. The van der Waals surface area contributed by atoms with Gasteiger partial charge in [0, 0.05) is 12.9 Å². The Morgan fingerprint density at radius 3 is 2.24 bits per heavy atom. The van der Waals surface area contributed by atoms with Crippen LogP contribution in [0.2, 0.25) is 0 Å². The zero-order valence-corrected chi connectivity index (χ0v) is 15.9. The normalized spacial score (nSPS) is 13.2. The average Bonchev–Trinajstić information content (AvgIpc) is 2.41. The summed E-state index contributed by atoms with van der Waals surface area (Å²) in [5, 5.41) is 0. The molecule has 1 unspecified atom stereocenters. The topological polar surface area (TPSA) is 0 Å². The predicted molar refractivity (Wildman–Crippen MR) is 93.7 cm³/mol. The molecular weight excluding hydrogens is 524 g/mol. The Bertz CT molecular complexity index is 624. The monoisotopic (exact) mass is 532 g/mol. The lowest BCUT2D eigenvalue weighted by molar-refractivity contribution is -0.137. The molecule has 2 aromatic carbocycles. The summed E-state index contributed by atoms with van der Waals surface area (Å²) in [4.78, 5) is 0.0401. The summed E-state index contributed by atoms with van der Waals surface area (Å²) in [5.74, 6) is 0. The largest absolute Gasteiger partial charge is 0.416 e. The first-order valence-corrected chi connectivity index (χ1v) is 8.81. The van der Waals surface area contributed by atoms with Gasteiger partial charge in [0.15, 0.2) is 0 Å². The van der Waals surface area contributed by atoms with Gasteiger partial charge >= 0.3 is 6.18 Å². The minimum absolute atomic E-state index is 0.0401. The highest BCUT2D eigenvalue weighted by Gasteiger charge is 2.30. The smallest absolute Gasteiger partial charge is 0.166 e. The molecule has 0 spiro atoms. The summed E-state index contributed by atoms with van der Waals surface area (Å²) < 4.78 is 39.7. The molecule has 0 bridgehead atoms. The van der Waals surface area contributed by atoms with Crippen LogP contribution in [0.3, 0.4) is 0 Å². The van der Waals surface area contributed by atoms with E-state index in [1.165, 1.54) is 12.1 Å². The summed E-state index contributed by atoms with van der Waals surface area (Å²) in [6.45, 7) is 0. The van der Waals surface area contributed by atoms with Crippen LogP contribution in [0.4, 0.5) is 13.2 Å². The lowest BCUT2D eigenvalue weighted by atomic mass is 10.0. The predicted octanol–water partition coefficient (Wildman–Crippen LogP) is 6.75. The Hall–Kier alpha value is -0.0800. The number of hydrogen-bond donors (Lipinski definition) is 0. The van der Waals surface area contributed by atoms with Crippen molar-refractivity contribution in [3.05, 3.63) is 67.2 Å². The molecule has 0 saturated heterocycles. The summed E-state index contributed by atoms with van der Waals surface area (Å²) in [7, 11) is 0. The number of rotatable bonds is 3. The standard InChI is InChI=1S/C15H10Br2F3I/c16-13-6-5-11(21)8-12(13)14(17)7-9-1-3-10(4-2-9)15(18,19)20/h1-6,8,14H,7H2. The fraction of sp³-hybridized carbons (Fsp3) is 0.200. The molecule has 0 N–H and O–H groups in total. The first-order valence-electron chi connectivity index (χ1n) is 6.02. The van der Waals surface area contributed by atoms with E-state index < -0.39 is 11.7 Å². The molecule has 112 valence electrons. The fourth-order valence-corrected chi connectivity index (χ4v) is 4.00. The van der Waals surface area contributed by atoms with Gasteiger partial charge in [0.1, 0.15) is 0 Å². The highest BCUT2D eigenvalue weighted by atomic mass is 127. The third-order valence-corrected chi connectivity index (χ3v) is 5.20. The Morgan fingerprint density at radius 2 is 1.67 bits per heavy atom. The minimum Gasteiger partial charge on any atom is -0.166 e. The van der Waals surface area contributed by atoms with Crippen molar-refractivity contribution < 1.29 is 13.2 Å². The maximum atomic E-state index is 12.5. The minimum atomic E-state index is -4.29. The molecule has 2 aromatic rings. The van der Waals surface area contributed by atoms with E-state index >= 15 is 0 Å². The van der Waals surface area contributed by atoms with Gasteiger partial charge in [0.05, 0.1) is 5.56 Å². The SMILES string of the molecule is FC(F)(F)c1ccc(CC(Br)c2cc(I)ccc2Br)cc1. The quantitative estimate of drug-likeness (QED) is 0.302. The highest BCUT2D eigenvalue weighted by Crippen LogP contribution is 2.34. The number of alkyl halides is 4. The Kier molecular flexibility index (Phi) is 5.76. The zero-order valence-electron chi connectivity index (χ0n) is 10.6. The Balaban J connectivity index is 2.16. The van der Waals surface area contributed by atoms with Crippen LogP contribution in [0, 0.1) is 3.57 Å². The third kappa shape index (κ3) is 4.69. The van der Waals surface area contributed by atoms with Crippen molar-refractivity contribution in [2.45, 2.75) is 17.4 Å². The molecule has 0 aliphatic heterocycles. The summed E-state index contributed by atoms with van der Waals surface area (Å²) in [6.07, 6.45) is -3.66. The molecule has 0 radical (unpaired) electrons. The summed E-state index contributed by atoms with van der Waals surface area (Å²) >= 11 is 9.34. The van der Waals surface area contributed by atoms with Crippen molar-refractivity contribution in [2.75, 3.05) is 0 Å². The summed E-state index contributed by atoms with van der Waals surface area (Å²) in [6, 6.07) is 11.3. The van der Waals surface area contributed by atoms with Crippen LogP contribution < -0.4 is 0 Å². The van der Waals surface area contributed by atoms with Crippen LogP contribution in [-0.4, -0.2) is 0 Å². The maximum absolute atomic E-state index is 12.5. The third-order valence-electron chi connectivity index (χ3n) is 2.99. The molecule has 0 aromatic heterocycles. The van der Waals surface area contributed by atoms with E-state index in [0.29, 0.717) is 6.42 Å². The molecule has 0 saturated carbocycles. The van der Waals surface area contributed by atoms with E-state index in [2.05, 4.69) is 54.5 Å². The molecule has 2 rings (SSSR count). The number of benzene rings is 2. The van der Waals surface area contributed by atoms with E-state index in [4.69, 9.17) is 0 Å². The van der Waals surface area contributed by atoms with Gasteiger partial charge in [-0.05, 0) is 70.5 Å². The lowest BCUT2D eigenvalue weighted by Crippen LogP contribution is -2.05. The molecule has 0 fully saturated rings. The van der Waals surface area contributed by atoms with Gasteiger partial charge < -0.3 is 0 Å². The van der Waals surface area contributed by atoms with Gasteiger partial charge in [-0.25, -0.2) is 0 Å². The second-order valence-corrected chi connectivity index (χ2v) is 7.74. The van der Waals surface area contributed by atoms with Gasteiger partial charge in [0.2, 0.25) is 0 Å². The van der Waals surface area contributed by atoms with Crippen LogP contribution in [-0.2, 0) is 12.6 Å². The van der Waals surface area contributed by atoms with Crippen molar-refractivity contribution in [1.82, 2.24) is 0 Å². The van der Waals surface area contributed by atoms with Crippen molar-refractivity contribution in [2.24, 2.45) is 0 Å². The highest BCUT2D eigenvalue weighted by molar-refractivity contribution is 14.1. The van der Waals surface area contributed by atoms with E-state index in [-0.39, 0.29) is 4.83 Å². The van der Waals surface area contributed by atoms with E-state index in [1.54, 1.807) is 0 Å². The van der Waals surface area contributed by atoms with Crippen molar-refractivity contribution in [1.29, 1.82) is 0 Å². The second kappa shape index (κ2) is 7.00. The van der Waals surface area contributed by atoms with Gasteiger partial charge in [-0.2, -0.15) is 13.2 Å². The number of hydrogen-bond acceptors (Lipinski definition) is 0. The lowest BCUT2D eigenvalue weighted by Gasteiger charge is -2.14. The van der Waals surface area contributed by atoms with E-state index in [9.17, 15) is 13.2 Å². The van der Waals surface area contributed by atoms with Crippen molar-refractivity contribution in [3.8, 4) is 0 Å². The van der Waals surface area contributed by atoms with Crippen LogP contribution in [0.15, 0.2) is 46.9 Å². The van der Waals surface area contributed by atoms with Crippen molar-refractivity contribution >= 4 is 54.5 Å². The molecule has 0 heterocycles. The molecule has 0 aliphatic carbocycles. The van der Waals surface area contributed by atoms with Crippen LogP contribution >= 0.6 is 54.5 Å². The Morgan fingerprint density at radius 1 is 1.05 bits per heavy atom. The van der Waals surface area contributed by atoms with Gasteiger partial charge in [-0.15, -0.1) is 0 Å². The second-order valence-electron chi connectivity index (χ2n) is 4.53. The zero-order chi connectivity index (χ0) is 15.6. The van der Waals surface area contributed by atoms with Crippen LogP contribution in [0.5, 0.6) is 0 Å². The molecule has 21 heavy (non-hydrogen) atoms. The van der Waals surface area contributed by atoms with Gasteiger partial charge in [0.25, 0.3) is 0 Å².